The molecular weight excluding hydrogens is 472 g/mol. The summed E-state index contributed by atoms with van der Waals surface area (Å²) < 4.78 is 32.8. The number of nitrogens with zero attached hydrogens (tertiary/aromatic N) is 2. The summed E-state index contributed by atoms with van der Waals surface area (Å²) in [7, 11) is -3.76. The van der Waals surface area contributed by atoms with Crippen LogP contribution in [0.1, 0.15) is 23.1 Å². The topological polar surface area (TPSA) is 125 Å². The number of amides is 4. The minimum atomic E-state index is -3.76. The Morgan fingerprint density at radius 2 is 1.89 bits per heavy atom. The summed E-state index contributed by atoms with van der Waals surface area (Å²) in [4.78, 5) is 39.7. The molecule has 0 radical (unpaired) electrons. The quantitative estimate of drug-likeness (QED) is 0.600. The second-order valence-corrected chi connectivity index (χ2v) is 10.8. The van der Waals surface area contributed by atoms with Crippen LogP contribution in [0.2, 0.25) is 0 Å². The van der Waals surface area contributed by atoms with Crippen molar-refractivity contribution < 1.29 is 27.5 Å². The summed E-state index contributed by atoms with van der Waals surface area (Å²) in [6.07, 6.45) is 1.10. The highest BCUT2D eigenvalue weighted by atomic mass is 32.2. The summed E-state index contributed by atoms with van der Waals surface area (Å²) in [6, 6.07) is 11.4. The number of ether oxygens (including phenoxy) is 1. The van der Waals surface area contributed by atoms with Gasteiger partial charge in [0.2, 0.25) is 15.9 Å². The maximum absolute atomic E-state index is 13.3. The van der Waals surface area contributed by atoms with Crippen LogP contribution in [0.4, 0.5) is 10.5 Å². The number of morpholine rings is 1. The number of rotatable bonds is 5. The third-order valence-electron chi connectivity index (χ3n) is 6.78. The van der Waals surface area contributed by atoms with Crippen molar-refractivity contribution in [2.24, 2.45) is 0 Å². The first-order chi connectivity index (χ1) is 16.7. The summed E-state index contributed by atoms with van der Waals surface area (Å²) in [6.45, 7) is 2.38. The molecule has 2 aromatic rings. The third-order valence-corrected chi connectivity index (χ3v) is 8.82. The van der Waals surface area contributed by atoms with Gasteiger partial charge in [-0.3, -0.25) is 14.5 Å². The minimum Gasteiger partial charge on any atom is -0.379 e. The maximum Gasteiger partial charge on any atom is 0.325 e. The van der Waals surface area contributed by atoms with Crippen LogP contribution in [-0.2, 0) is 36.3 Å². The molecule has 5 rings (SSSR count). The standard InChI is InChI=1S/C24H26N4O6S/c1-16-6-7-18(14-20(16)35(32,33)27-10-12-34-13-11-27)25-21(29)15-28-22(30)24(26-23(28)31)9-8-17-4-2-3-5-19(17)24/h2-7,14H,8-13,15H2,1H3,(H,25,29)(H,26,31)/t24-/m1/s1. The van der Waals surface area contributed by atoms with Crippen LogP contribution in [0.3, 0.4) is 0 Å². The smallest absolute Gasteiger partial charge is 0.325 e. The van der Waals surface area contributed by atoms with E-state index in [2.05, 4.69) is 10.6 Å². The largest absolute Gasteiger partial charge is 0.379 e. The van der Waals surface area contributed by atoms with Gasteiger partial charge in [0.25, 0.3) is 5.91 Å². The van der Waals surface area contributed by atoms with Gasteiger partial charge in [0, 0.05) is 18.8 Å². The molecule has 1 atom stereocenters. The number of fused-ring (bicyclic) bond motifs is 2. The van der Waals surface area contributed by atoms with Crippen molar-refractivity contribution in [3.8, 4) is 0 Å². The fraction of sp³-hybridized carbons (Fsp3) is 0.375. The van der Waals surface area contributed by atoms with E-state index in [-0.39, 0.29) is 23.7 Å². The van der Waals surface area contributed by atoms with Crippen LogP contribution in [0.15, 0.2) is 47.4 Å². The molecule has 1 spiro atoms. The van der Waals surface area contributed by atoms with Gasteiger partial charge >= 0.3 is 6.03 Å². The minimum absolute atomic E-state index is 0.0914. The van der Waals surface area contributed by atoms with Gasteiger partial charge in [0.1, 0.15) is 12.1 Å². The molecule has 2 fully saturated rings. The Morgan fingerprint density at radius 1 is 1.14 bits per heavy atom. The Kier molecular flexibility index (Phi) is 5.86. The zero-order valence-corrected chi connectivity index (χ0v) is 20.1. The normalized spacial score (nSPS) is 22.4. The Bertz CT molecular complexity index is 1320. The molecule has 10 nitrogen and oxygen atoms in total. The van der Waals surface area contributed by atoms with Crippen molar-refractivity contribution in [1.82, 2.24) is 14.5 Å². The second kappa shape index (κ2) is 8.74. The summed E-state index contributed by atoms with van der Waals surface area (Å²) in [5.74, 6) is -1.06. The van der Waals surface area contributed by atoms with E-state index < -0.39 is 40.0 Å². The molecule has 2 aromatic carbocycles. The number of nitrogens with one attached hydrogen (secondary N) is 2. The van der Waals surface area contributed by atoms with Crippen molar-refractivity contribution in [1.29, 1.82) is 0 Å². The number of hydrogen-bond donors (Lipinski definition) is 2. The van der Waals surface area contributed by atoms with Gasteiger partial charge < -0.3 is 15.4 Å². The summed E-state index contributed by atoms with van der Waals surface area (Å²) in [5, 5.41) is 5.42. The van der Waals surface area contributed by atoms with E-state index in [1.807, 2.05) is 24.3 Å². The molecule has 0 saturated carbocycles. The van der Waals surface area contributed by atoms with Crippen molar-refractivity contribution in [3.05, 3.63) is 59.2 Å². The Hall–Kier alpha value is -3.28. The molecule has 2 heterocycles. The van der Waals surface area contributed by atoms with Gasteiger partial charge in [-0.1, -0.05) is 30.3 Å². The third kappa shape index (κ3) is 3.99. The Balaban J connectivity index is 1.32. The molecule has 0 aromatic heterocycles. The molecule has 11 heteroatoms. The van der Waals surface area contributed by atoms with Crippen LogP contribution in [-0.4, -0.2) is 68.3 Å². The average Bonchev–Trinajstić information content (AvgIpc) is 3.33. The maximum atomic E-state index is 13.3. The molecule has 2 N–H and O–H groups in total. The molecular formula is C24H26N4O6S. The summed E-state index contributed by atoms with van der Waals surface area (Å²) in [5.41, 5.74) is 1.43. The predicted octanol–water partition coefficient (Wildman–Crippen LogP) is 1.35. The SMILES string of the molecule is Cc1ccc(NC(=O)CN2C(=O)N[C@@]3(CCc4ccccc43)C2=O)cc1S(=O)(=O)N1CCOCC1. The van der Waals surface area contributed by atoms with Crippen LogP contribution in [0.5, 0.6) is 0 Å². The molecule has 35 heavy (non-hydrogen) atoms. The molecule has 1 aliphatic carbocycles. The number of carbonyl (C=O) groups excluding carboxylic acids is 3. The van der Waals surface area contributed by atoms with Crippen molar-refractivity contribution in [2.75, 3.05) is 38.2 Å². The lowest BCUT2D eigenvalue weighted by Crippen LogP contribution is -2.43. The molecule has 3 aliphatic rings. The van der Waals surface area contributed by atoms with E-state index in [1.165, 1.54) is 10.4 Å². The second-order valence-electron chi connectivity index (χ2n) is 8.93. The number of imide groups is 1. The number of aryl methyl sites for hydroxylation is 2. The first kappa shape index (κ1) is 23.5. The molecule has 4 amide bonds. The number of sulfonamides is 1. The predicted molar refractivity (Wildman–Crippen MR) is 126 cm³/mol. The first-order valence-electron chi connectivity index (χ1n) is 11.4. The van der Waals surface area contributed by atoms with Gasteiger partial charge in [-0.25, -0.2) is 13.2 Å². The van der Waals surface area contributed by atoms with E-state index in [1.54, 1.807) is 19.1 Å². The lowest BCUT2D eigenvalue weighted by atomic mass is 9.92. The monoisotopic (exact) mass is 498 g/mol. The zero-order chi connectivity index (χ0) is 24.8. The highest BCUT2D eigenvalue weighted by Crippen LogP contribution is 2.41. The van der Waals surface area contributed by atoms with Crippen molar-refractivity contribution in [3.63, 3.8) is 0 Å². The molecule has 2 aliphatic heterocycles. The average molecular weight is 499 g/mol. The van der Waals surface area contributed by atoms with Crippen LogP contribution < -0.4 is 10.6 Å². The van der Waals surface area contributed by atoms with Crippen molar-refractivity contribution >= 4 is 33.6 Å². The van der Waals surface area contributed by atoms with E-state index in [4.69, 9.17) is 4.74 Å². The Labute approximate surface area is 203 Å². The fourth-order valence-electron chi connectivity index (χ4n) is 4.96. The van der Waals surface area contributed by atoms with Crippen LogP contribution >= 0.6 is 0 Å². The van der Waals surface area contributed by atoms with Gasteiger partial charge in [0.15, 0.2) is 0 Å². The number of carbonyl (C=O) groups is 3. The van der Waals surface area contributed by atoms with Gasteiger partial charge in [-0.05, 0) is 48.6 Å². The lowest BCUT2D eigenvalue weighted by Gasteiger charge is -2.27. The molecule has 2 saturated heterocycles. The van der Waals surface area contributed by atoms with Gasteiger partial charge in [0.05, 0.1) is 18.1 Å². The highest BCUT2D eigenvalue weighted by Gasteiger charge is 2.55. The molecule has 0 unspecified atom stereocenters. The van der Waals surface area contributed by atoms with Gasteiger partial charge in [-0.2, -0.15) is 4.31 Å². The highest BCUT2D eigenvalue weighted by molar-refractivity contribution is 7.89. The number of hydrogen-bond acceptors (Lipinski definition) is 6. The number of benzene rings is 2. The summed E-state index contributed by atoms with van der Waals surface area (Å²) >= 11 is 0. The van der Waals surface area contributed by atoms with E-state index in [0.29, 0.717) is 31.6 Å². The van der Waals surface area contributed by atoms with E-state index >= 15 is 0 Å². The molecule has 0 bridgehead atoms. The van der Waals surface area contributed by atoms with E-state index in [9.17, 15) is 22.8 Å². The first-order valence-corrected chi connectivity index (χ1v) is 12.9. The zero-order valence-electron chi connectivity index (χ0n) is 19.2. The van der Waals surface area contributed by atoms with Crippen molar-refractivity contribution in [2.45, 2.75) is 30.2 Å². The van der Waals surface area contributed by atoms with Crippen LogP contribution in [0, 0.1) is 6.92 Å². The van der Waals surface area contributed by atoms with Crippen LogP contribution in [0.25, 0.3) is 0 Å². The van der Waals surface area contributed by atoms with Gasteiger partial charge in [-0.15, -0.1) is 0 Å². The fourth-order valence-corrected chi connectivity index (χ4v) is 6.62. The lowest BCUT2D eigenvalue weighted by molar-refractivity contribution is -0.134. The molecule has 184 valence electrons. The van der Waals surface area contributed by atoms with E-state index in [0.717, 1.165) is 16.0 Å². The Morgan fingerprint density at radius 3 is 2.66 bits per heavy atom. The number of anilines is 1. The number of urea groups is 1.